The molecule has 2 aliphatic heterocycles. The van der Waals surface area contributed by atoms with Crippen LogP contribution in [-0.4, -0.2) is 34.7 Å². The van der Waals surface area contributed by atoms with E-state index < -0.39 is 9.84 Å². The van der Waals surface area contributed by atoms with Crippen LogP contribution in [0.4, 0.5) is 0 Å². The Kier molecular flexibility index (Phi) is 2.48. The largest absolute Gasteiger partial charge is 0.311 e. The van der Waals surface area contributed by atoms with Crippen LogP contribution in [0.15, 0.2) is 0 Å². The van der Waals surface area contributed by atoms with Crippen molar-refractivity contribution in [1.29, 1.82) is 0 Å². The fourth-order valence-electron chi connectivity index (χ4n) is 2.74. The quantitative estimate of drug-likeness (QED) is 0.762. The smallest absolute Gasteiger partial charge is 0.151 e. The Bertz CT molecular complexity index is 537. The lowest BCUT2D eigenvalue weighted by Gasteiger charge is -2.23. The third-order valence-electron chi connectivity index (χ3n) is 3.62. The number of nitrogens with zero attached hydrogens (tertiary/aromatic N) is 3. The zero-order valence-corrected chi connectivity index (χ0v) is 10.4. The van der Waals surface area contributed by atoms with Crippen molar-refractivity contribution in [3.63, 3.8) is 0 Å². The SMILES string of the molecule is NC1CCCc2nnc(C3CCS(=O)(=O)C3)n21. The molecule has 2 unspecified atom stereocenters. The fraction of sp³-hybridized carbons (Fsp3) is 0.800. The molecule has 2 atom stereocenters. The van der Waals surface area contributed by atoms with Gasteiger partial charge in [-0.2, -0.15) is 0 Å². The second kappa shape index (κ2) is 3.78. The van der Waals surface area contributed by atoms with E-state index in [2.05, 4.69) is 10.2 Å². The summed E-state index contributed by atoms with van der Waals surface area (Å²) in [5.41, 5.74) is 6.06. The number of nitrogens with two attached hydrogens (primary N) is 1. The van der Waals surface area contributed by atoms with Crippen LogP contribution in [0.5, 0.6) is 0 Å². The van der Waals surface area contributed by atoms with Gasteiger partial charge >= 0.3 is 0 Å². The molecule has 3 heterocycles. The van der Waals surface area contributed by atoms with Crippen LogP contribution in [0.25, 0.3) is 0 Å². The topological polar surface area (TPSA) is 90.9 Å². The van der Waals surface area contributed by atoms with Crippen molar-refractivity contribution in [2.24, 2.45) is 5.73 Å². The summed E-state index contributed by atoms with van der Waals surface area (Å²) >= 11 is 0. The van der Waals surface area contributed by atoms with Gasteiger partial charge in [-0.15, -0.1) is 10.2 Å². The molecule has 2 N–H and O–H groups in total. The van der Waals surface area contributed by atoms with Gasteiger partial charge in [-0.05, 0) is 19.3 Å². The zero-order chi connectivity index (χ0) is 12.0. The average Bonchev–Trinajstić information content (AvgIpc) is 2.82. The molecule has 0 aliphatic carbocycles. The van der Waals surface area contributed by atoms with Crippen LogP contribution in [-0.2, 0) is 16.3 Å². The van der Waals surface area contributed by atoms with Crippen LogP contribution < -0.4 is 5.73 Å². The normalized spacial score (nSPS) is 31.4. The summed E-state index contributed by atoms with van der Waals surface area (Å²) in [5, 5.41) is 8.30. The van der Waals surface area contributed by atoms with Crippen molar-refractivity contribution < 1.29 is 8.42 Å². The molecule has 2 aliphatic rings. The number of fused-ring (bicyclic) bond motifs is 1. The van der Waals surface area contributed by atoms with Crippen molar-refractivity contribution in [2.75, 3.05) is 11.5 Å². The molecule has 1 fully saturated rings. The van der Waals surface area contributed by atoms with E-state index >= 15 is 0 Å². The first-order valence-electron chi connectivity index (χ1n) is 5.96. The minimum atomic E-state index is -2.89. The van der Waals surface area contributed by atoms with E-state index in [0.717, 1.165) is 30.9 Å². The van der Waals surface area contributed by atoms with E-state index in [1.54, 1.807) is 0 Å². The second-order valence-electron chi connectivity index (χ2n) is 4.90. The Hall–Kier alpha value is -0.950. The molecular formula is C10H16N4O2S. The first-order chi connectivity index (χ1) is 8.07. The Balaban J connectivity index is 1.97. The monoisotopic (exact) mass is 256 g/mol. The fourth-order valence-corrected chi connectivity index (χ4v) is 4.48. The van der Waals surface area contributed by atoms with Crippen LogP contribution >= 0.6 is 0 Å². The number of rotatable bonds is 1. The van der Waals surface area contributed by atoms with E-state index in [1.807, 2.05) is 4.57 Å². The Morgan fingerprint density at radius 2 is 2.12 bits per heavy atom. The van der Waals surface area contributed by atoms with Crippen LogP contribution in [0, 0.1) is 0 Å². The van der Waals surface area contributed by atoms with Crippen molar-refractivity contribution >= 4 is 9.84 Å². The second-order valence-corrected chi connectivity index (χ2v) is 7.13. The summed E-state index contributed by atoms with van der Waals surface area (Å²) in [5.74, 6) is 2.11. The predicted octanol–water partition coefficient (Wildman–Crippen LogP) is -0.0262. The number of hydrogen-bond acceptors (Lipinski definition) is 5. The third kappa shape index (κ3) is 1.87. The van der Waals surface area contributed by atoms with Crippen LogP contribution in [0.1, 0.15) is 43.0 Å². The molecule has 17 heavy (non-hydrogen) atoms. The first-order valence-corrected chi connectivity index (χ1v) is 7.78. The molecule has 0 amide bonds. The minimum Gasteiger partial charge on any atom is -0.311 e. The molecule has 7 heteroatoms. The third-order valence-corrected chi connectivity index (χ3v) is 5.39. The van der Waals surface area contributed by atoms with Gasteiger partial charge in [0, 0.05) is 12.3 Å². The van der Waals surface area contributed by atoms with E-state index in [1.165, 1.54) is 0 Å². The highest BCUT2D eigenvalue weighted by molar-refractivity contribution is 7.91. The zero-order valence-electron chi connectivity index (χ0n) is 9.54. The molecule has 0 spiro atoms. The minimum absolute atomic E-state index is 0.0228. The highest BCUT2D eigenvalue weighted by Gasteiger charge is 2.34. The maximum absolute atomic E-state index is 11.5. The average molecular weight is 256 g/mol. The first kappa shape index (κ1) is 11.2. The van der Waals surface area contributed by atoms with E-state index in [9.17, 15) is 8.42 Å². The molecule has 3 rings (SSSR count). The van der Waals surface area contributed by atoms with Gasteiger partial charge in [0.2, 0.25) is 0 Å². The van der Waals surface area contributed by atoms with Gasteiger partial charge in [0.05, 0.1) is 17.7 Å². The summed E-state index contributed by atoms with van der Waals surface area (Å²) in [4.78, 5) is 0. The molecule has 94 valence electrons. The van der Waals surface area contributed by atoms with Gasteiger partial charge in [-0.3, -0.25) is 4.57 Å². The predicted molar refractivity (Wildman–Crippen MR) is 62.2 cm³/mol. The molecule has 6 nitrogen and oxygen atoms in total. The molecule has 0 bridgehead atoms. The number of aromatic nitrogens is 3. The molecular weight excluding hydrogens is 240 g/mol. The lowest BCUT2D eigenvalue weighted by molar-refractivity contribution is 0.390. The Morgan fingerprint density at radius 1 is 1.29 bits per heavy atom. The number of hydrogen-bond donors (Lipinski definition) is 1. The number of aryl methyl sites for hydroxylation is 1. The summed E-state index contributed by atoms with van der Waals surface area (Å²) in [6.07, 6.45) is 3.39. The molecule has 1 aromatic heterocycles. The summed E-state index contributed by atoms with van der Waals surface area (Å²) in [6.45, 7) is 0. The number of sulfone groups is 1. The van der Waals surface area contributed by atoms with Gasteiger partial charge in [0.15, 0.2) is 9.84 Å². The summed E-state index contributed by atoms with van der Waals surface area (Å²) < 4.78 is 24.9. The van der Waals surface area contributed by atoms with Crippen molar-refractivity contribution in [2.45, 2.75) is 37.8 Å². The molecule has 0 aromatic carbocycles. The van der Waals surface area contributed by atoms with Gasteiger partial charge in [-0.1, -0.05) is 0 Å². The molecule has 1 saturated heterocycles. The van der Waals surface area contributed by atoms with Crippen molar-refractivity contribution in [3.8, 4) is 0 Å². The summed E-state index contributed by atoms with van der Waals surface area (Å²) in [6, 6.07) is 0. The molecule has 0 saturated carbocycles. The lowest BCUT2D eigenvalue weighted by atomic mass is 10.1. The van der Waals surface area contributed by atoms with Crippen molar-refractivity contribution in [1.82, 2.24) is 14.8 Å². The Morgan fingerprint density at radius 3 is 2.82 bits per heavy atom. The van der Waals surface area contributed by atoms with Crippen LogP contribution in [0.3, 0.4) is 0 Å². The van der Waals surface area contributed by atoms with E-state index in [-0.39, 0.29) is 23.6 Å². The van der Waals surface area contributed by atoms with Gasteiger partial charge in [-0.25, -0.2) is 8.42 Å². The van der Waals surface area contributed by atoms with Gasteiger partial charge in [0.1, 0.15) is 11.6 Å². The van der Waals surface area contributed by atoms with E-state index in [0.29, 0.717) is 6.42 Å². The summed E-state index contributed by atoms with van der Waals surface area (Å²) in [7, 11) is -2.89. The van der Waals surface area contributed by atoms with E-state index in [4.69, 9.17) is 5.73 Å². The van der Waals surface area contributed by atoms with Crippen molar-refractivity contribution in [3.05, 3.63) is 11.6 Å². The van der Waals surface area contributed by atoms with Crippen LogP contribution in [0.2, 0.25) is 0 Å². The lowest BCUT2D eigenvalue weighted by Crippen LogP contribution is -2.27. The van der Waals surface area contributed by atoms with Gasteiger partial charge < -0.3 is 5.73 Å². The highest BCUT2D eigenvalue weighted by atomic mass is 32.2. The van der Waals surface area contributed by atoms with Gasteiger partial charge in [0.25, 0.3) is 0 Å². The maximum Gasteiger partial charge on any atom is 0.151 e. The standard InChI is InChI=1S/C10H16N4O2S/c11-8-2-1-3-9-12-13-10(14(8)9)7-4-5-17(15,16)6-7/h7-8H,1-6,11H2. The molecule has 1 aromatic rings. The highest BCUT2D eigenvalue weighted by Crippen LogP contribution is 2.31. The Labute approximate surface area is 100 Å². The molecule has 0 radical (unpaired) electrons. The maximum atomic E-state index is 11.5.